The Morgan fingerprint density at radius 3 is 2.75 bits per heavy atom. The Hall–Kier alpha value is 0.350. The van der Waals surface area contributed by atoms with Crippen molar-refractivity contribution in [2.24, 2.45) is 0 Å². The third-order valence-electron chi connectivity index (χ3n) is 1.51. The third-order valence-corrected chi connectivity index (χ3v) is 3.42. The molecule has 1 aliphatic rings. The molecule has 8 heavy (non-hydrogen) atoms. The zero-order chi connectivity index (χ0) is 5.98. The molecule has 0 aliphatic carbocycles. The number of nitrogens with zero attached hydrogens (tertiary/aromatic N) is 1. The van der Waals surface area contributed by atoms with Crippen LogP contribution in [0.4, 0.5) is 0 Å². The van der Waals surface area contributed by atoms with Crippen molar-refractivity contribution in [3.05, 3.63) is 0 Å². The molecular weight excluding hydrogens is 119 g/mol. The van der Waals surface area contributed by atoms with Crippen molar-refractivity contribution in [3.63, 3.8) is 0 Å². The summed E-state index contributed by atoms with van der Waals surface area (Å²) in [7, 11) is 2.21. The molecule has 1 fully saturated rings. The topological polar surface area (TPSA) is 15.3 Å². The van der Waals surface area contributed by atoms with Gasteiger partial charge in [0.1, 0.15) is 0 Å². The van der Waals surface area contributed by atoms with Crippen LogP contribution in [0.15, 0.2) is 0 Å². The van der Waals surface area contributed by atoms with Crippen molar-refractivity contribution in [2.45, 2.75) is 6.42 Å². The summed E-state index contributed by atoms with van der Waals surface area (Å²) >= 11 is 0. The van der Waals surface area contributed by atoms with Crippen LogP contribution in [-0.4, -0.2) is 31.5 Å². The van der Waals surface area contributed by atoms with Crippen LogP contribution in [0.25, 0.3) is 0 Å². The van der Waals surface area contributed by atoms with Gasteiger partial charge in [-0.05, 0) is 20.1 Å². The second-order valence-electron chi connectivity index (χ2n) is 2.17. The van der Waals surface area contributed by atoms with Crippen LogP contribution >= 0.6 is 8.22 Å². The molecule has 1 saturated heterocycles. The van der Waals surface area contributed by atoms with Gasteiger partial charge in [-0.25, -0.2) is 0 Å². The summed E-state index contributed by atoms with van der Waals surface area (Å²) in [6.07, 6.45) is 1.31. The van der Waals surface area contributed by atoms with Gasteiger partial charge in [0.05, 0.1) is 0 Å². The second kappa shape index (κ2) is 2.77. The van der Waals surface area contributed by atoms with E-state index in [1.807, 2.05) is 0 Å². The van der Waals surface area contributed by atoms with E-state index in [1.165, 1.54) is 19.5 Å². The highest BCUT2D eigenvalue weighted by atomic mass is 31.1. The Balaban J connectivity index is 2.28. The number of rotatable bonds is 0. The average molecular weight is 132 g/mol. The van der Waals surface area contributed by atoms with Crippen molar-refractivity contribution in [1.82, 2.24) is 9.76 Å². The molecule has 1 unspecified atom stereocenters. The van der Waals surface area contributed by atoms with E-state index in [-0.39, 0.29) is 8.22 Å². The highest BCUT2D eigenvalue weighted by molar-refractivity contribution is 7.52. The fraction of sp³-hybridized carbons (Fsp3) is 1.00. The Labute approximate surface area is 52.1 Å². The molecule has 0 radical (unpaired) electrons. The van der Waals surface area contributed by atoms with Crippen LogP contribution in [0.3, 0.4) is 0 Å². The van der Waals surface area contributed by atoms with E-state index in [1.54, 1.807) is 0 Å². The van der Waals surface area contributed by atoms with Gasteiger partial charge in [-0.1, -0.05) is 0 Å². The van der Waals surface area contributed by atoms with Gasteiger partial charge in [-0.3, -0.25) is 9.76 Å². The lowest BCUT2D eigenvalue weighted by atomic mass is 10.4. The number of hydrogen-bond donors (Lipinski definition) is 1. The molecule has 3 heteroatoms. The van der Waals surface area contributed by atoms with Crippen LogP contribution in [0, 0.1) is 0 Å². The van der Waals surface area contributed by atoms with Gasteiger partial charge in [-0.2, -0.15) is 0 Å². The Kier molecular flexibility index (Phi) is 2.24. The molecule has 0 bridgehead atoms. The minimum Gasteiger partial charge on any atom is -0.284 e. The Morgan fingerprint density at radius 2 is 2.38 bits per heavy atom. The monoisotopic (exact) mass is 132 g/mol. The van der Waals surface area contributed by atoms with E-state index in [4.69, 9.17) is 0 Å². The fourth-order valence-corrected chi connectivity index (χ4v) is 1.98. The molecule has 1 atom stereocenters. The maximum absolute atomic E-state index is 3.42. The molecule has 1 heterocycles. The SMILES string of the molecule is CN1CCCNP1C. The Bertz CT molecular complexity index is 66.8. The number of nitrogens with one attached hydrogen (secondary N) is 1. The smallest absolute Gasteiger partial charge is 0.0330 e. The summed E-state index contributed by atoms with van der Waals surface area (Å²) < 4.78 is 2.39. The molecule has 1 rings (SSSR count). The van der Waals surface area contributed by atoms with Gasteiger partial charge in [0.15, 0.2) is 0 Å². The first-order valence-electron chi connectivity index (χ1n) is 2.99. The molecule has 0 saturated carbocycles. The minimum absolute atomic E-state index is 0.0305. The van der Waals surface area contributed by atoms with Gasteiger partial charge in [0.25, 0.3) is 0 Å². The average Bonchev–Trinajstić information content (AvgIpc) is 1.77. The molecule has 0 spiro atoms. The van der Waals surface area contributed by atoms with E-state index in [2.05, 4.69) is 23.5 Å². The zero-order valence-electron chi connectivity index (χ0n) is 5.52. The molecule has 0 aromatic rings. The van der Waals surface area contributed by atoms with Gasteiger partial charge in [-0.15, -0.1) is 0 Å². The highest BCUT2D eigenvalue weighted by Gasteiger charge is 2.11. The lowest BCUT2D eigenvalue weighted by Gasteiger charge is -2.29. The molecule has 0 aromatic carbocycles. The van der Waals surface area contributed by atoms with Crippen LogP contribution in [0.2, 0.25) is 0 Å². The van der Waals surface area contributed by atoms with E-state index >= 15 is 0 Å². The van der Waals surface area contributed by atoms with Gasteiger partial charge in [0.2, 0.25) is 0 Å². The van der Waals surface area contributed by atoms with Gasteiger partial charge >= 0.3 is 0 Å². The van der Waals surface area contributed by atoms with E-state index < -0.39 is 0 Å². The molecule has 1 aliphatic heterocycles. The quantitative estimate of drug-likeness (QED) is 0.491. The summed E-state index contributed by atoms with van der Waals surface area (Å²) in [6.45, 7) is 4.75. The normalized spacial score (nSPS) is 33.0. The van der Waals surface area contributed by atoms with E-state index in [0.29, 0.717) is 0 Å². The standard InChI is InChI=1S/C5H13N2P/c1-7-5-3-4-6-8(7)2/h6H,3-5H2,1-2H3. The van der Waals surface area contributed by atoms with Crippen LogP contribution in [0.1, 0.15) is 6.42 Å². The van der Waals surface area contributed by atoms with Crippen LogP contribution < -0.4 is 5.09 Å². The van der Waals surface area contributed by atoms with Gasteiger partial charge < -0.3 is 0 Å². The highest BCUT2D eigenvalue weighted by Crippen LogP contribution is 2.31. The van der Waals surface area contributed by atoms with Crippen molar-refractivity contribution in [3.8, 4) is 0 Å². The molecule has 1 N–H and O–H groups in total. The maximum Gasteiger partial charge on any atom is 0.0330 e. The predicted octanol–water partition coefficient (Wildman–Crippen LogP) is 0.853. The third kappa shape index (κ3) is 1.41. The minimum atomic E-state index is 0.0305. The van der Waals surface area contributed by atoms with Gasteiger partial charge in [0, 0.05) is 21.3 Å². The Morgan fingerprint density at radius 1 is 1.62 bits per heavy atom. The second-order valence-corrected chi connectivity index (χ2v) is 4.21. The molecular formula is C5H13N2P. The van der Waals surface area contributed by atoms with E-state index in [0.717, 1.165) is 0 Å². The first-order chi connectivity index (χ1) is 3.80. The summed E-state index contributed by atoms with van der Waals surface area (Å²) in [5, 5.41) is 3.42. The maximum atomic E-state index is 3.42. The summed E-state index contributed by atoms with van der Waals surface area (Å²) in [5.74, 6) is 0. The summed E-state index contributed by atoms with van der Waals surface area (Å²) in [5.41, 5.74) is 0. The largest absolute Gasteiger partial charge is 0.284 e. The van der Waals surface area contributed by atoms with E-state index in [9.17, 15) is 0 Å². The fourth-order valence-electron chi connectivity index (χ4n) is 0.819. The summed E-state index contributed by atoms with van der Waals surface area (Å²) in [6, 6.07) is 0. The van der Waals surface area contributed by atoms with Crippen molar-refractivity contribution in [2.75, 3.05) is 26.8 Å². The van der Waals surface area contributed by atoms with Crippen molar-refractivity contribution >= 4 is 8.22 Å². The lowest BCUT2D eigenvalue weighted by molar-refractivity contribution is 0.490. The molecule has 2 nitrogen and oxygen atoms in total. The molecule has 0 aromatic heterocycles. The first-order valence-corrected chi connectivity index (χ1v) is 4.73. The first kappa shape index (κ1) is 6.47. The molecule has 0 amide bonds. The van der Waals surface area contributed by atoms with Crippen molar-refractivity contribution in [1.29, 1.82) is 0 Å². The van der Waals surface area contributed by atoms with Crippen LogP contribution in [-0.2, 0) is 0 Å². The van der Waals surface area contributed by atoms with Crippen LogP contribution in [0.5, 0.6) is 0 Å². The van der Waals surface area contributed by atoms with Crippen molar-refractivity contribution < 1.29 is 0 Å². The molecule has 48 valence electrons. The zero-order valence-corrected chi connectivity index (χ0v) is 6.41. The lowest BCUT2D eigenvalue weighted by Crippen LogP contribution is -2.29. The predicted molar refractivity (Wildman–Crippen MR) is 38.1 cm³/mol. The number of hydrogen-bond acceptors (Lipinski definition) is 2. The summed E-state index contributed by atoms with van der Waals surface area (Å²) in [4.78, 5) is 0.